The summed E-state index contributed by atoms with van der Waals surface area (Å²) in [7, 11) is 1.58. The topological polar surface area (TPSA) is 50.7 Å². The molecule has 20 heavy (non-hydrogen) atoms. The molecule has 0 atom stereocenters. The van der Waals surface area contributed by atoms with Gasteiger partial charge >= 0.3 is 0 Å². The molecule has 102 valence electrons. The molecule has 0 unspecified atom stereocenters. The maximum absolute atomic E-state index is 11.8. The quantitative estimate of drug-likeness (QED) is 0.690. The molecule has 2 rings (SSSR count). The minimum Gasteiger partial charge on any atom is -0.497 e. The molecule has 1 amide bonds. The molecule has 0 aliphatic heterocycles. The molecule has 5 heteroatoms. The molecule has 0 bridgehead atoms. The zero-order valence-electron chi connectivity index (χ0n) is 10.8. The summed E-state index contributed by atoms with van der Waals surface area (Å²) in [5.74, 6) is 0.439. The second-order valence-corrected chi connectivity index (χ2v) is 4.80. The number of benzene rings is 2. The second-order valence-electron chi connectivity index (χ2n) is 3.95. The molecule has 0 fully saturated rings. The first-order chi connectivity index (χ1) is 9.70. The van der Waals surface area contributed by atoms with Gasteiger partial charge in [-0.1, -0.05) is 34.1 Å². The number of carbonyl (C=O) groups excluding carboxylic acids is 1. The van der Waals surface area contributed by atoms with Gasteiger partial charge in [-0.15, -0.1) is 0 Å². The van der Waals surface area contributed by atoms with E-state index in [0.717, 1.165) is 10.0 Å². The van der Waals surface area contributed by atoms with Crippen LogP contribution in [0.25, 0.3) is 0 Å². The van der Waals surface area contributed by atoms with Crippen LogP contribution in [0.4, 0.5) is 0 Å². The third kappa shape index (κ3) is 3.68. The molecule has 0 aliphatic carbocycles. The Bertz CT molecular complexity index is 624. The fourth-order valence-corrected chi connectivity index (χ4v) is 1.93. The summed E-state index contributed by atoms with van der Waals surface area (Å²) in [4.78, 5) is 11.8. The van der Waals surface area contributed by atoms with E-state index in [1.54, 1.807) is 37.6 Å². The number of nitrogens with one attached hydrogen (secondary N) is 1. The second kappa shape index (κ2) is 6.86. The van der Waals surface area contributed by atoms with Crippen LogP contribution < -0.4 is 10.2 Å². The van der Waals surface area contributed by atoms with Crippen LogP contribution in [0, 0.1) is 0 Å². The maximum Gasteiger partial charge on any atom is 0.271 e. The summed E-state index contributed by atoms with van der Waals surface area (Å²) in [5, 5.41) is 3.94. The van der Waals surface area contributed by atoms with Crippen molar-refractivity contribution in [1.82, 2.24) is 5.43 Å². The van der Waals surface area contributed by atoms with Crippen molar-refractivity contribution >= 4 is 28.1 Å². The van der Waals surface area contributed by atoms with Crippen molar-refractivity contribution in [2.24, 2.45) is 5.10 Å². The molecule has 0 saturated heterocycles. The van der Waals surface area contributed by atoms with Crippen LogP contribution in [0.3, 0.4) is 0 Å². The van der Waals surface area contributed by atoms with Crippen LogP contribution in [0.5, 0.6) is 5.75 Å². The maximum atomic E-state index is 11.8. The minimum absolute atomic E-state index is 0.268. The van der Waals surface area contributed by atoms with Crippen LogP contribution in [0.1, 0.15) is 15.9 Å². The van der Waals surface area contributed by atoms with Crippen LogP contribution in [0.15, 0.2) is 58.1 Å². The molecular formula is C15H13BrN2O2. The van der Waals surface area contributed by atoms with Gasteiger partial charge in [0.2, 0.25) is 0 Å². The molecule has 0 radical (unpaired) electrons. The number of methoxy groups -OCH3 is 1. The first-order valence-electron chi connectivity index (χ1n) is 5.92. The summed E-state index contributed by atoms with van der Waals surface area (Å²) >= 11 is 3.41. The fourth-order valence-electron chi connectivity index (χ4n) is 1.55. The SMILES string of the molecule is COc1ccc(C(=O)NN=Cc2ccccc2Br)cc1. The predicted octanol–water partition coefficient (Wildman–Crippen LogP) is 3.22. The molecule has 0 aliphatic rings. The van der Waals surface area contributed by atoms with E-state index < -0.39 is 0 Å². The Morgan fingerprint density at radius 2 is 1.90 bits per heavy atom. The number of hydrazone groups is 1. The summed E-state index contributed by atoms with van der Waals surface area (Å²) in [5.41, 5.74) is 3.90. The van der Waals surface area contributed by atoms with Gasteiger partial charge < -0.3 is 4.74 Å². The Morgan fingerprint density at radius 1 is 1.20 bits per heavy atom. The Balaban J connectivity index is 1.99. The molecular weight excluding hydrogens is 320 g/mol. The zero-order chi connectivity index (χ0) is 14.4. The Morgan fingerprint density at radius 3 is 2.55 bits per heavy atom. The highest BCUT2D eigenvalue weighted by atomic mass is 79.9. The van der Waals surface area contributed by atoms with Gasteiger partial charge in [0.05, 0.1) is 13.3 Å². The summed E-state index contributed by atoms with van der Waals surface area (Å²) in [6.07, 6.45) is 1.59. The normalized spacial score (nSPS) is 10.5. The lowest BCUT2D eigenvalue weighted by Gasteiger charge is -2.02. The van der Waals surface area contributed by atoms with E-state index in [1.807, 2.05) is 24.3 Å². The minimum atomic E-state index is -0.268. The van der Waals surface area contributed by atoms with Crippen molar-refractivity contribution in [3.05, 3.63) is 64.1 Å². The van der Waals surface area contributed by atoms with Crippen LogP contribution in [-0.2, 0) is 0 Å². The van der Waals surface area contributed by atoms with Crippen LogP contribution >= 0.6 is 15.9 Å². The number of hydrogen-bond donors (Lipinski definition) is 1. The van der Waals surface area contributed by atoms with Crippen molar-refractivity contribution in [2.75, 3.05) is 7.11 Å². The number of halogens is 1. The largest absolute Gasteiger partial charge is 0.497 e. The van der Waals surface area contributed by atoms with E-state index in [0.29, 0.717) is 11.3 Å². The highest BCUT2D eigenvalue weighted by Crippen LogP contribution is 2.13. The molecule has 1 N–H and O–H groups in total. The van der Waals surface area contributed by atoms with Gasteiger partial charge in [0, 0.05) is 15.6 Å². The smallest absolute Gasteiger partial charge is 0.271 e. The van der Waals surface area contributed by atoms with E-state index >= 15 is 0 Å². The number of rotatable bonds is 4. The van der Waals surface area contributed by atoms with Crippen LogP contribution in [0.2, 0.25) is 0 Å². The van der Waals surface area contributed by atoms with E-state index in [4.69, 9.17) is 4.74 Å². The molecule has 0 aromatic heterocycles. The van der Waals surface area contributed by atoms with Crippen molar-refractivity contribution in [1.29, 1.82) is 0 Å². The van der Waals surface area contributed by atoms with Gasteiger partial charge in [-0.25, -0.2) is 5.43 Å². The fraction of sp³-hybridized carbons (Fsp3) is 0.0667. The average Bonchev–Trinajstić information content (AvgIpc) is 2.49. The summed E-state index contributed by atoms with van der Waals surface area (Å²) in [6.45, 7) is 0. The summed E-state index contributed by atoms with van der Waals surface area (Å²) in [6, 6.07) is 14.4. The molecule has 2 aromatic carbocycles. The van der Waals surface area contributed by atoms with Crippen LogP contribution in [-0.4, -0.2) is 19.2 Å². The molecule has 0 heterocycles. The highest BCUT2D eigenvalue weighted by Gasteiger charge is 2.03. The van der Waals surface area contributed by atoms with Gasteiger partial charge in [0.25, 0.3) is 5.91 Å². The van der Waals surface area contributed by atoms with E-state index in [9.17, 15) is 4.79 Å². The number of hydrogen-bond acceptors (Lipinski definition) is 3. The lowest BCUT2D eigenvalue weighted by molar-refractivity contribution is 0.0955. The standard InChI is InChI=1S/C15H13BrN2O2/c1-20-13-8-6-11(7-9-13)15(19)18-17-10-12-4-2-3-5-14(12)16/h2-10H,1H3,(H,18,19). The molecule has 4 nitrogen and oxygen atoms in total. The summed E-state index contributed by atoms with van der Waals surface area (Å²) < 4.78 is 5.95. The van der Waals surface area contributed by atoms with Gasteiger partial charge in [0.1, 0.15) is 5.75 Å². The molecule has 0 spiro atoms. The Hall–Kier alpha value is -2.14. The number of ether oxygens (including phenoxy) is 1. The predicted molar refractivity (Wildman–Crippen MR) is 82.2 cm³/mol. The lowest BCUT2D eigenvalue weighted by atomic mass is 10.2. The monoisotopic (exact) mass is 332 g/mol. The highest BCUT2D eigenvalue weighted by molar-refractivity contribution is 9.10. The van der Waals surface area contributed by atoms with Crippen molar-refractivity contribution in [3.8, 4) is 5.75 Å². The van der Waals surface area contributed by atoms with Gasteiger partial charge in [0.15, 0.2) is 0 Å². The average molecular weight is 333 g/mol. The molecule has 2 aromatic rings. The van der Waals surface area contributed by atoms with Gasteiger partial charge in [-0.2, -0.15) is 5.10 Å². The van der Waals surface area contributed by atoms with Crippen molar-refractivity contribution in [2.45, 2.75) is 0 Å². The number of nitrogens with zero attached hydrogens (tertiary/aromatic N) is 1. The molecule has 0 saturated carbocycles. The van der Waals surface area contributed by atoms with Crippen molar-refractivity contribution in [3.63, 3.8) is 0 Å². The van der Waals surface area contributed by atoms with E-state index in [-0.39, 0.29) is 5.91 Å². The Kier molecular flexibility index (Phi) is 4.90. The first-order valence-corrected chi connectivity index (χ1v) is 6.72. The van der Waals surface area contributed by atoms with E-state index in [2.05, 4.69) is 26.5 Å². The first kappa shape index (κ1) is 14.3. The lowest BCUT2D eigenvalue weighted by Crippen LogP contribution is -2.17. The van der Waals surface area contributed by atoms with Gasteiger partial charge in [-0.05, 0) is 30.3 Å². The van der Waals surface area contributed by atoms with E-state index in [1.165, 1.54) is 0 Å². The third-order valence-electron chi connectivity index (χ3n) is 2.63. The Labute approximate surface area is 125 Å². The number of amides is 1. The van der Waals surface area contributed by atoms with Gasteiger partial charge in [-0.3, -0.25) is 4.79 Å². The zero-order valence-corrected chi connectivity index (χ0v) is 12.4. The number of carbonyl (C=O) groups is 1. The van der Waals surface area contributed by atoms with Crippen molar-refractivity contribution < 1.29 is 9.53 Å². The third-order valence-corrected chi connectivity index (χ3v) is 3.35.